The van der Waals surface area contributed by atoms with Crippen molar-refractivity contribution in [2.75, 3.05) is 10.6 Å². The highest BCUT2D eigenvalue weighted by Gasteiger charge is 2.19. The molecule has 3 nitrogen and oxygen atoms in total. The lowest BCUT2D eigenvalue weighted by Crippen LogP contribution is -2.29. The first-order chi connectivity index (χ1) is 9.38. The van der Waals surface area contributed by atoms with Gasteiger partial charge in [-0.3, -0.25) is 4.31 Å². The molecule has 0 spiro atoms. The largest absolute Gasteiger partial charge is 0.266 e. The lowest BCUT2D eigenvalue weighted by atomic mass is 10.1. The Balaban J connectivity index is 2.40. The maximum Gasteiger partial charge on any atom is 0.232 e. The van der Waals surface area contributed by atoms with E-state index in [-0.39, 0.29) is 0 Å². The van der Waals surface area contributed by atoms with E-state index in [1.54, 1.807) is 0 Å². The molecule has 0 heterocycles. The van der Waals surface area contributed by atoms with Crippen molar-refractivity contribution < 1.29 is 8.42 Å². The Morgan fingerprint density at radius 2 is 1.55 bits per heavy atom. The first kappa shape index (κ1) is 14.6. The summed E-state index contributed by atoms with van der Waals surface area (Å²) in [6, 6.07) is 15.4. The molecule has 0 saturated heterocycles. The molecular formula is C16H19NO2S. The molecule has 2 rings (SSSR count). The first-order valence-corrected chi connectivity index (χ1v) is 8.31. The Morgan fingerprint density at radius 3 is 2.10 bits per heavy atom. The average molecular weight is 289 g/mol. The number of benzene rings is 2. The molecular weight excluding hydrogens is 270 g/mol. The van der Waals surface area contributed by atoms with Crippen molar-refractivity contribution in [1.29, 1.82) is 0 Å². The predicted octanol–water partition coefficient (Wildman–Crippen LogP) is 3.27. The molecule has 2 aromatic rings. The van der Waals surface area contributed by atoms with E-state index in [1.165, 1.54) is 10.6 Å². The Morgan fingerprint density at radius 1 is 0.950 bits per heavy atom. The summed E-state index contributed by atoms with van der Waals surface area (Å²) >= 11 is 0. The molecule has 0 fully saturated rings. The topological polar surface area (TPSA) is 37.4 Å². The van der Waals surface area contributed by atoms with Gasteiger partial charge < -0.3 is 0 Å². The number of aryl methyl sites for hydroxylation is 2. The molecule has 0 aliphatic rings. The maximum absolute atomic E-state index is 12.1. The van der Waals surface area contributed by atoms with E-state index in [9.17, 15) is 8.42 Å². The van der Waals surface area contributed by atoms with E-state index in [0.29, 0.717) is 6.54 Å². The zero-order valence-corrected chi connectivity index (χ0v) is 12.8. The molecule has 0 aromatic heterocycles. The average Bonchev–Trinajstić information content (AvgIpc) is 2.38. The molecule has 0 aliphatic carbocycles. The lowest BCUT2D eigenvalue weighted by Gasteiger charge is -2.24. The second kappa shape index (κ2) is 5.67. The van der Waals surface area contributed by atoms with Crippen LogP contribution in [0.1, 0.15) is 16.7 Å². The Kier molecular flexibility index (Phi) is 4.14. The molecule has 0 bridgehead atoms. The van der Waals surface area contributed by atoms with Crippen molar-refractivity contribution in [3.05, 3.63) is 65.2 Å². The van der Waals surface area contributed by atoms with Gasteiger partial charge in [0, 0.05) is 0 Å². The molecule has 0 unspecified atom stereocenters. The van der Waals surface area contributed by atoms with Crippen LogP contribution in [0.2, 0.25) is 0 Å². The molecule has 4 heteroatoms. The van der Waals surface area contributed by atoms with Gasteiger partial charge >= 0.3 is 0 Å². The first-order valence-electron chi connectivity index (χ1n) is 6.47. The van der Waals surface area contributed by atoms with Crippen LogP contribution in [-0.4, -0.2) is 14.7 Å². The standard InChI is InChI=1S/C16H19NO2S/c1-13-8-10-15(11-9-13)12-17(20(3,18)19)16-7-5-4-6-14(16)2/h4-11H,12H2,1-3H3. The summed E-state index contributed by atoms with van der Waals surface area (Å²) < 4.78 is 25.6. The Hall–Kier alpha value is -1.81. The van der Waals surface area contributed by atoms with Crippen LogP contribution < -0.4 is 4.31 Å². The minimum absolute atomic E-state index is 0.351. The third-order valence-electron chi connectivity index (χ3n) is 3.23. The number of anilines is 1. The summed E-state index contributed by atoms with van der Waals surface area (Å²) in [5, 5.41) is 0. The molecule has 106 valence electrons. The van der Waals surface area contributed by atoms with Crippen LogP contribution >= 0.6 is 0 Å². The van der Waals surface area contributed by atoms with Gasteiger partial charge in [-0.05, 0) is 31.0 Å². The molecule has 0 atom stereocenters. The monoisotopic (exact) mass is 289 g/mol. The number of rotatable bonds is 4. The Labute approximate surface area is 120 Å². The van der Waals surface area contributed by atoms with E-state index >= 15 is 0 Å². The summed E-state index contributed by atoms with van der Waals surface area (Å²) in [7, 11) is -3.32. The van der Waals surface area contributed by atoms with E-state index in [0.717, 1.165) is 22.4 Å². The fourth-order valence-corrected chi connectivity index (χ4v) is 3.03. The Bertz CT molecular complexity index is 691. The van der Waals surface area contributed by atoms with Gasteiger partial charge in [-0.2, -0.15) is 0 Å². The summed E-state index contributed by atoms with van der Waals surface area (Å²) in [6.07, 6.45) is 1.24. The molecule has 0 radical (unpaired) electrons. The van der Waals surface area contributed by atoms with E-state index in [2.05, 4.69) is 0 Å². The van der Waals surface area contributed by atoms with Crippen LogP contribution in [0.15, 0.2) is 48.5 Å². The highest BCUT2D eigenvalue weighted by molar-refractivity contribution is 7.92. The van der Waals surface area contributed by atoms with Crippen LogP contribution in [0.25, 0.3) is 0 Å². The van der Waals surface area contributed by atoms with Gasteiger partial charge in [0.15, 0.2) is 0 Å². The van der Waals surface area contributed by atoms with Crippen LogP contribution in [0.4, 0.5) is 5.69 Å². The highest BCUT2D eigenvalue weighted by Crippen LogP contribution is 2.24. The van der Waals surface area contributed by atoms with Crippen LogP contribution in [-0.2, 0) is 16.6 Å². The van der Waals surface area contributed by atoms with E-state index in [1.807, 2.05) is 62.4 Å². The van der Waals surface area contributed by atoms with Gasteiger partial charge in [0.1, 0.15) is 0 Å². The second-order valence-electron chi connectivity index (χ2n) is 5.04. The fourth-order valence-electron chi connectivity index (χ4n) is 2.08. The van der Waals surface area contributed by atoms with Crippen molar-refractivity contribution in [2.24, 2.45) is 0 Å². The number of sulfonamides is 1. The van der Waals surface area contributed by atoms with Crippen LogP contribution in [0, 0.1) is 13.8 Å². The van der Waals surface area contributed by atoms with Gasteiger partial charge in [-0.1, -0.05) is 48.0 Å². The smallest absolute Gasteiger partial charge is 0.232 e. The third kappa shape index (κ3) is 3.39. The number of para-hydroxylation sites is 1. The highest BCUT2D eigenvalue weighted by atomic mass is 32.2. The number of hydrogen-bond donors (Lipinski definition) is 0. The van der Waals surface area contributed by atoms with Crippen LogP contribution in [0.3, 0.4) is 0 Å². The normalized spacial score (nSPS) is 11.3. The lowest BCUT2D eigenvalue weighted by molar-refractivity contribution is 0.596. The van der Waals surface area contributed by atoms with Gasteiger partial charge in [0.25, 0.3) is 0 Å². The summed E-state index contributed by atoms with van der Waals surface area (Å²) in [5.41, 5.74) is 3.82. The molecule has 0 N–H and O–H groups in total. The van der Waals surface area contributed by atoms with Crippen molar-refractivity contribution in [2.45, 2.75) is 20.4 Å². The molecule has 2 aromatic carbocycles. The zero-order valence-electron chi connectivity index (χ0n) is 12.0. The maximum atomic E-state index is 12.1. The minimum Gasteiger partial charge on any atom is -0.266 e. The van der Waals surface area contributed by atoms with Crippen molar-refractivity contribution >= 4 is 15.7 Å². The van der Waals surface area contributed by atoms with E-state index < -0.39 is 10.0 Å². The molecule has 0 saturated carbocycles. The zero-order chi connectivity index (χ0) is 14.8. The summed E-state index contributed by atoms with van der Waals surface area (Å²) in [4.78, 5) is 0. The van der Waals surface area contributed by atoms with Gasteiger partial charge in [0.2, 0.25) is 10.0 Å². The number of hydrogen-bond acceptors (Lipinski definition) is 2. The SMILES string of the molecule is Cc1ccc(CN(c2ccccc2C)S(C)(=O)=O)cc1. The third-order valence-corrected chi connectivity index (χ3v) is 4.36. The van der Waals surface area contributed by atoms with E-state index in [4.69, 9.17) is 0 Å². The second-order valence-corrected chi connectivity index (χ2v) is 6.95. The number of nitrogens with zero attached hydrogens (tertiary/aromatic N) is 1. The van der Waals surface area contributed by atoms with Crippen molar-refractivity contribution in [3.63, 3.8) is 0 Å². The summed E-state index contributed by atoms with van der Waals surface area (Å²) in [5.74, 6) is 0. The predicted molar refractivity (Wildman–Crippen MR) is 83.4 cm³/mol. The van der Waals surface area contributed by atoms with Gasteiger partial charge in [-0.15, -0.1) is 0 Å². The minimum atomic E-state index is -3.32. The van der Waals surface area contributed by atoms with Crippen molar-refractivity contribution in [3.8, 4) is 0 Å². The fraction of sp³-hybridized carbons (Fsp3) is 0.250. The van der Waals surface area contributed by atoms with Gasteiger partial charge in [0.05, 0.1) is 18.5 Å². The quantitative estimate of drug-likeness (QED) is 0.866. The van der Waals surface area contributed by atoms with Crippen LogP contribution in [0.5, 0.6) is 0 Å². The summed E-state index contributed by atoms with van der Waals surface area (Å²) in [6.45, 7) is 4.28. The molecule has 0 amide bonds. The molecule has 20 heavy (non-hydrogen) atoms. The van der Waals surface area contributed by atoms with Gasteiger partial charge in [-0.25, -0.2) is 8.42 Å². The molecule has 0 aliphatic heterocycles. The van der Waals surface area contributed by atoms with Crippen molar-refractivity contribution in [1.82, 2.24) is 0 Å².